The van der Waals surface area contributed by atoms with Crippen molar-refractivity contribution in [2.75, 3.05) is 6.61 Å². The van der Waals surface area contributed by atoms with Crippen LogP contribution >= 0.6 is 0 Å². The third kappa shape index (κ3) is 12.0. The van der Waals surface area contributed by atoms with E-state index >= 15 is 0 Å². The third-order valence-corrected chi connectivity index (χ3v) is 2.40. The molecule has 0 aliphatic carbocycles. The quantitative estimate of drug-likeness (QED) is 0.438. The summed E-state index contributed by atoms with van der Waals surface area (Å²) in [6.45, 7) is 7.19. The second kappa shape index (κ2) is 13.0. The molecule has 0 N–H and O–H groups in total. The first-order valence-corrected chi connectivity index (χ1v) is 6.35. The second-order valence-corrected chi connectivity index (χ2v) is 3.92. The summed E-state index contributed by atoms with van der Waals surface area (Å²) in [5, 5.41) is 0. The second-order valence-electron chi connectivity index (χ2n) is 3.92. The lowest BCUT2D eigenvalue weighted by atomic mass is 10.1. The van der Waals surface area contributed by atoms with Gasteiger partial charge < -0.3 is 4.74 Å². The van der Waals surface area contributed by atoms with Gasteiger partial charge in [0.25, 0.3) is 0 Å². The van der Waals surface area contributed by atoms with E-state index in [1.165, 1.54) is 51.4 Å². The number of unbranched alkanes of at least 4 members (excludes halogenated alkanes) is 7. The van der Waals surface area contributed by atoms with Crippen molar-refractivity contribution in [3.8, 4) is 0 Å². The van der Waals surface area contributed by atoms with E-state index in [0.717, 1.165) is 13.0 Å². The number of rotatable bonds is 11. The highest BCUT2D eigenvalue weighted by atomic mass is 16.5. The molecule has 0 aromatic carbocycles. The van der Waals surface area contributed by atoms with Crippen LogP contribution in [0.15, 0.2) is 0 Å². The van der Waals surface area contributed by atoms with E-state index in [2.05, 4.69) is 13.8 Å². The Balaban J connectivity index is 2.78. The van der Waals surface area contributed by atoms with E-state index in [1.54, 1.807) is 0 Å². The summed E-state index contributed by atoms with van der Waals surface area (Å²) in [6, 6.07) is 0. The van der Waals surface area contributed by atoms with Gasteiger partial charge in [-0.25, -0.2) is 0 Å². The molecule has 85 valence electrons. The molecule has 0 spiro atoms. The fourth-order valence-corrected chi connectivity index (χ4v) is 1.52. The van der Waals surface area contributed by atoms with Crippen LogP contribution in [0.3, 0.4) is 0 Å². The summed E-state index contributed by atoms with van der Waals surface area (Å²) in [4.78, 5) is 0. The van der Waals surface area contributed by atoms with Gasteiger partial charge in [-0.15, -0.1) is 0 Å². The van der Waals surface area contributed by atoms with Crippen LogP contribution in [-0.2, 0) is 4.74 Å². The van der Waals surface area contributed by atoms with Crippen molar-refractivity contribution < 1.29 is 4.74 Å². The standard InChI is InChI=1S/C13H27O/c1-3-5-6-7-8-9-10-11-13-14-12-4-2/h12H,3-11,13H2,1-2H3. The zero-order chi connectivity index (χ0) is 10.5. The maximum atomic E-state index is 5.30. The van der Waals surface area contributed by atoms with Crippen molar-refractivity contribution >= 4 is 0 Å². The van der Waals surface area contributed by atoms with Gasteiger partial charge in [0, 0.05) is 6.61 Å². The van der Waals surface area contributed by atoms with E-state index in [1.807, 2.05) is 6.61 Å². The predicted molar refractivity (Wildman–Crippen MR) is 63.2 cm³/mol. The molecule has 1 heteroatoms. The lowest BCUT2D eigenvalue weighted by Gasteiger charge is -2.02. The van der Waals surface area contributed by atoms with Crippen molar-refractivity contribution in [2.45, 2.75) is 71.6 Å². The molecule has 0 saturated carbocycles. The Kier molecular flexibility index (Phi) is 12.9. The van der Waals surface area contributed by atoms with Gasteiger partial charge >= 0.3 is 0 Å². The van der Waals surface area contributed by atoms with E-state index in [4.69, 9.17) is 4.74 Å². The fraction of sp³-hybridized carbons (Fsp3) is 0.923. The first kappa shape index (κ1) is 14.0. The van der Waals surface area contributed by atoms with Crippen LogP contribution in [-0.4, -0.2) is 6.61 Å². The van der Waals surface area contributed by atoms with E-state index in [-0.39, 0.29) is 0 Å². The monoisotopic (exact) mass is 199 g/mol. The molecule has 0 fully saturated rings. The molecule has 1 nitrogen and oxygen atoms in total. The Morgan fingerprint density at radius 1 is 0.786 bits per heavy atom. The van der Waals surface area contributed by atoms with E-state index in [0.29, 0.717) is 0 Å². The van der Waals surface area contributed by atoms with Crippen molar-refractivity contribution in [1.82, 2.24) is 0 Å². The van der Waals surface area contributed by atoms with Crippen molar-refractivity contribution in [1.29, 1.82) is 0 Å². The molecule has 0 heterocycles. The molecule has 0 unspecified atom stereocenters. The minimum atomic E-state index is 0.919. The predicted octanol–water partition coefficient (Wildman–Crippen LogP) is 4.72. The van der Waals surface area contributed by atoms with Crippen LogP contribution < -0.4 is 0 Å². The summed E-state index contributed by atoms with van der Waals surface area (Å²) in [5.74, 6) is 0. The van der Waals surface area contributed by atoms with Crippen LogP contribution in [0.1, 0.15) is 71.6 Å². The number of ether oxygens (including phenoxy) is 1. The fourth-order valence-electron chi connectivity index (χ4n) is 1.52. The van der Waals surface area contributed by atoms with Gasteiger partial charge in [0.1, 0.15) is 0 Å². The van der Waals surface area contributed by atoms with Gasteiger partial charge in [-0.1, -0.05) is 58.8 Å². The Morgan fingerprint density at radius 2 is 1.36 bits per heavy atom. The smallest absolute Gasteiger partial charge is 0.0833 e. The lowest BCUT2D eigenvalue weighted by molar-refractivity contribution is 0.188. The van der Waals surface area contributed by atoms with Crippen LogP contribution in [0.25, 0.3) is 0 Å². The zero-order valence-corrected chi connectivity index (χ0v) is 10.1. The van der Waals surface area contributed by atoms with Crippen LogP contribution in [0.2, 0.25) is 0 Å². The SMILES string of the molecule is CC[CH]OCCCCCCCCCC. The Labute approximate surface area is 90.2 Å². The van der Waals surface area contributed by atoms with Crippen molar-refractivity contribution in [3.63, 3.8) is 0 Å². The van der Waals surface area contributed by atoms with Crippen LogP contribution in [0, 0.1) is 6.61 Å². The van der Waals surface area contributed by atoms with Gasteiger partial charge in [-0.3, -0.25) is 0 Å². The molecule has 0 aliphatic rings. The molecule has 0 atom stereocenters. The maximum absolute atomic E-state index is 5.30. The molecule has 0 aliphatic heterocycles. The molecule has 0 aromatic heterocycles. The maximum Gasteiger partial charge on any atom is 0.0833 e. The molecule has 0 rings (SSSR count). The van der Waals surface area contributed by atoms with Crippen LogP contribution in [0.4, 0.5) is 0 Å². The minimum Gasteiger partial charge on any atom is -0.376 e. The molecular weight excluding hydrogens is 172 g/mol. The highest BCUT2D eigenvalue weighted by Gasteiger charge is 1.91. The highest BCUT2D eigenvalue weighted by Crippen LogP contribution is 2.08. The number of hydrogen-bond donors (Lipinski definition) is 0. The Hall–Kier alpha value is -0.0400. The topological polar surface area (TPSA) is 9.23 Å². The van der Waals surface area contributed by atoms with Crippen molar-refractivity contribution in [3.05, 3.63) is 6.61 Å². The summed E-state index contributed by atoms with van der Waals surface area (Å²) >= 11 is 0. The molecular formula is C13H27O. The average molecular weight is 199 g/mol. The van der Waals surface area contributed by atoms with Gasteiger partial charge in [0.15, 0.2) is 0 Å². The number of hydrogen-bond acceptors (Lipinski definition) is 1. The molecule has 0 bridgehead atoms. The lowest BCUT2D eigenvalue weighted by Crippen LogP contribution is -1.91. The average Bonchev–Trinajstić information content (AvgIpc) is 2.21. The van der Waals surface area contributed by atoms with Gasteiger partial charge in [-0.2, -0.15) is 0 Å². The van der Waals surface area contributed by atoms with Gasteiger partial charge in [-0.05, 0) is 12.8 Å². The van der Waals surface area contributed by atoms with Crippen molar-refractivity contribution in [2.24, 2.45) is 0 Å². The van der Waals surface area contributed by atoms with Gasteiger partial charge in [0.05, 0.1) is 6.61 Å². The highest BCUT2D eigenvalue weighted by molar-refractivity contribution is 4.48. The first-order valence-electron chi connectivity index (χ1n) is 6.35. The Morgan fingerprint density at radius 3 is 1.93 bits per heavy atom. The summed E-state index contributed by atoms with van der Waals surface area (Å²) in [6.07, 6.45) is 12.0. The summed E-state index contributed by atoms with van der Waals surface area (Å²) in [7, 11) is 0. The van der Waals surface area contributed by atoms with E-state index < -0.39 is 0 Å². The molecule has 0 saturated heterocycles. The molecule has 0 amide bonds. The molecule has 0 aromatic rings. The molecule has 1 radical (unpaired) electrons. The largest absolute Gasteiger partial charge is 0.376 e. The third-order valence-electron chi connectivity index (χ3n) is 2.40. The first-order chi connectivity index (χ1) is 6.91. The van der Waals surface area contributed by atoms with E-state index in [9.17, 15) is 0 Å². The van der Waals surface area contributed by atoms with Gasteiger partial charge in [0.2, 0.25) is 0 Å². The zero-order valence-electron chi connectivity index (χ0n) is 10.1. The van der Waals surface area contributed by atoms with Crippen LogP contribution in [0.5, 0.6) is 0 Å². The molecule has 14 heavy (non-hydrogen) atoms. The minimum absolute atomic E-state index is 0.919. The summed E-state index contributed by atoms with van der Waals surface area (Å²) < 4.78 is 5.30. The normalized spacial score (nSPS) is 10.7. The Bertz CT molecular complexity index is 79.2. The summed E-state index contributed by atoms with van der Waals surface area (Å²) in [5.41, 5.74) is 0.